The molecule has 0 aliphatic carbocycles. The first kappa shape index (κ1) is 14.9. The van der Waals surface area contributed by atoms with Gasteiger partial charge in [0.2, 0.25) is 0 Å². The van der Waals surface area contributed by atoms with Crippen molar-refractivity contribution in [2.45, 2.75) is 26.0 Å². The molecule has 5 heteroatoms. The minimum atomic E-state index is 0.291. The highest BCUT2D eigenvalue weighted by Crippen LogP contribution is 2.22. The molecule has 1 aliphatic heterocycles. The average Bonchev–Trinajstić information content (AvgIpc) is 3.00. The lowest BCUT2D eigenvalue weighted by Crippen LogP contribution is -2.46. The van der Waals surface area contributed by atoms with E-state index in [0.29, 0.717) is 12.1 Å². The number of nitrogens with one attached hydrogen (secondary N) is 1. The Morgan fingerprint density at radius 1 is 1.57 bits per heavy atom. The third-order valence-electron chi connectivity index (χ3n) is 4.15. The molecule has 21 heavy (non-hydrogen) atoms. The molecule has 1 N–H and O–H groups in total. The number of morpholine rings is 1. The normalized spacial score (nSPS) is 21.7. The monoisotopic (exact) mass is 305 g/mol. The zero-order valence-corrected chi connectivity index (χ0v) is 13.5. The molecule has 1 aliphatic rings. The van der Waals surface area contributed by atoms with Crippen LogP contribution in [0.1, 0.15) is 25.5 Å². The summed E-state index contributed by atoms with van der Waals surface area (Å²) in [4.78, 5) is 6.96. The van der Waals surface area contributed by atoms with Crippen LogP contribution in [0.25, 0.3) is 10.2 Å². The van der Waals surface area contributed by atoms with Crippen LogP contribution in [0.3, 0.4) is 0 Å². The van der Waals surface area contributed by atoms with Crippen molar-refractivity contribution in [2.24, 2.45) is 0 Å². The third kappa shape index (κ3) is 3.61. The van der Waals surface area contributed by atoms with Crippen LogP contribution in [0.4, 0.5) is 0 Å². The Morgan fingerprint density at radius 3 is 3.33 bits per heavy atom. The van der Waals surface area contributed by atoms with Crippen molar-refractivity contribution in [2.75, 3.05) is 32.8 Å². The van der Waals surface area contributed by atoms with Gasteiger partial charge in [0, 0.05) is 31.9 Å². The van der Waals surface area contributed by atoms with Crippen molar-refractivity contribution in [3.05, 3.63) is 29.3 Å². The number of fused-ring (bicyclic) bond motifs is 1. The summed E-state index contributed by atoms with van der Waals surface area (Å²) < 4.78 is 7.09. The molecule has 2 atom stereocenters. The number of likely N-dealkylation sites (N-methyl/N-ethyl adjacent to an activating group) is 1. The van der Waals surface area contributed by atoms with Gasteiger partial charge < -0.3 is 10.1 Å². The number of hydrogen-bond donors (Lipinski definition) is 1. The number of aromatic nitrogens is 1. The summed E-state index contributed by atoms with van der Waals surface area (Å²) in [5.41, 5.74) is 2.33. The van der Waals surface area contributed by atoms with Crippen LogP contribution in [0.2, 0.25) is 0 Å². The summed E-state index contributed by atoms with van der Waals surface area (Å²) in [5.74, 6) is 0. The summed E-state index contributed by atoms with van der Waals surface area (Å²) in [6, 6.07) is 4.60. The van der Waals surface area contributed by atoms with E-state index in [9.17, 15) is 0 Å². The third-order valence-corrected chi connectivity index (χ3v) is 5.00. The fraction of sp³-hybridized carbons (Fsp3) is 0.562. The number of nitrogens with zero attached hydrogens (tertiary/aromatic N) is 2. The highest BCUT2D eigenvalue weighted by Gasteiger charge is 2.19. The van der Waals surface area contributed by atoms with E-state index in [1.807, 2.05) is 6.20 Å². The maximum Gasteiger partial charge on any atom is 0.0826 e. The molecular formula is C16H23N3OS. The van der Waals surface area contributed by atoms with Crippen molar-refractivity contribution < 1.29 is 4.74 Å². The Labute approximate surface area is 130 Å². The predicted molar refractivity (Wildman–Crippen MR) is 87.9 cm³/mol. The summed E-state index contributed by atoms with van der Waals surface area (Å²) in [7, 11) is 0. The molecule has 0 saturated carbocycles. The summed E-state index contributed by atoms with van der Waals surface area (Å²) in [6.45, 7) is 9.32. The topological polar surface area (TPSA) is 37.4 Å². The largest absolute Gasteiger partial charge is 0.374 e. The lowest BCUT2D eigenvalue weighted by molar-refractivity contribution is -0.0262. The second-order valence-electron chi connectivity index (χ2n) is 5.59. The minimum Gasteiger partial charge on any atom is -0.374 e. The van der Waals surface area contributed by atoms with Gasteiger partial charge in [0.25, 0.3) is 0 Å². The molecule has 0 amide bonds. The Balaban J connectivity index is 1.56. The molecular weight excluding hydrogens is 282 g/mol. The fourth-order valence-electron chi connectivity index (χ4n) is 2.72. The number of hydrogen-bond acceptors (Lipinski definition) is 5. The summed E-state index contributed by atoms with van der Waals surface area (Å²) >= 11 is 1.75. The lowest BCUT2D eigenvalue weighted by Gasteiger charge is -2.32. The summed E-state index contributed by atoms with van der Waals surface area (Å²) in [6.07, 6.45) is 2.27. The van der Waals surface area contributed by atoms with Crippen LogP contribution < -0.4 is 5.32 Å². The first-order valence-electron chi connectivity index (χ1n) is 7.66. The first-order chi connectivity index (χ1) is 10.3. The van der Waals surface area contributed by atoms with Crippen molar-refractivity contribution in [1.82, 2.24) is 15.2 Å². The number of rotatable bonds is 5. The summed E-state index contributed by atoms with van der Waals surface area (Å²) in [5, 5.41) is 5.68. The molecule has 114 valence electrons. The first-order valence-corrected chi connectivity index (χ1v) is 8.54. The van der Waals surface area contributed by atoms with Gasteiger partial charge in [0.15, 0.2) is 0 Å². The van der Waals surface area contributed by atoms with E-state index < -0.39 is 0 Å². The molecule has 3 rings (SSSR count). The predicted octanol–water partition coefficient (Wildman–Crippen LogP) is 2.67. The standard InChI is InChI=1S/C16H23N3OS/c1-3-19-5-6-20-14(11-19)10-17-12(2)13-8-16-15(18-9-13)4-7-21-16/h4,7-9,12,14,17H,3,5-6,10-11H2,1-2H3. The van der Waals surface area contributed by atoms with E-state index in [2.05, 4.69) is 46.6 Å². The smallest absolute Gasteiger partial charge is 0.0826 e. The van der Waals surface area contributed by atoms with Crippen LogP contribution in [0, 0.1) is 0 Å². The second kappa shape index (κ2) is 6.83. The molecule has 1 saturated heterocycles. The molecule has 2 aromatic heterocycles. The quantitative estimate of drug-likeness (QED) is 0.921. The molecule has 0 aromatic carbocycles. The maximum absolute atomic E-state index is 5.84. The van der Waals surface area contributed by atoms with E-state index in [4.69, 9.17) is 4.74 Å². The van der Waals surface area contributed by atoms with Gasteiger partial charge in [0.05, 0.1) is 22.9 Å². The zero-order valence-electron chi connectivity index (χ0n) is 12.7. The number of thiophene rings is 1. The van der Waals surface area contributed by atoms with Gasteiger partial charge in [-0.3, -0.25) is 9.88 Å². The van der Waals surface area contributed by atoms with Gasteiger partial charge in [-0.25, -0.2) is 0 Å². The van der Waals surface area contributed by atoms with Crippen LogP contribution in [-0.2, 0) is 4.74 Å². The van der Waals surface area contributed by atoms with Crippen molar-refractivity contribution in [3.63, 3.8) is 0 Å². The van der Waals surface area contributed by atoms with E-state index in [-0.39, 0.29) is 0 Å². The molecule has 0 bridgehead atoms. The van der Waals surface area contributed by atoms with E-state index in [0.717, 1.165) is 38.3 Å². The highest BCUT2D eigenvalue weighted by molar-refractivity contribution is 7.17. The second-order valence-corrected chi connectivity index (χ2v) is 6.54. The molecule has 0 spiro atoms. The van der Waals surface area contributed by atoms with E-state index in [1.54, 1.807) is 11.3 Å². The average molecular weight is 305 g/mol. The molecule has 4 nitrogen and oxygen atoms in total. The molecule has 2 aromatic rings. The van der Waals surface area contributed by atoms with Crippen molar-refractivity contribution >= 4 is 21.6 Å². The van der Waals surface area contributed by atoms with Gasteiger partial charge in [-0.15, -0.1) is 11.3 Å². The zero-order chi connectivity index (χ0) is 14.7. The number of pyridine rings is 1. The minimum absolute atomic E-state index is 0.291. The fourth-order valence-corrected chi connectivity index (χ4v) is 3.50. The van der Waals surface area contributed by atoms with E-state index >= 15 is 0 Å². The Kier molecular flexibility index (Phi) is 4.85. The van der Waals surface area contributed by atoms with Crippen LogP contribution >= 0.6 is 11.3 Å². The molecule has 3 heterocycles. The van der Waals surface area contributed by atoms with Gasteiger partial charge >= 0.3 is 0 Å². The van der Waals surface area contributed by atoms with Crippen molar-refractivity contribution in [1.29, 1.82) is 0 Å². The van der Waals surface area contributed by atoms with Crippen LogP contribution in [-0.4, -0.2) is 48.8 Å². The SMILES string of the molecule is CCN1CCOC(CNC(C)c2cnc3ccsc3c2)C1. The van der Waals surface area contributed by atoms with Gasteiger partial charge in [-0.1, -0.05) is 6.92 Å². The molecule has 1 fully saturated rings. The van der Waals surface area contributed by atoms with Crippen LogP contribution in [0.15, 0.2) is 23.7 Å². The van der Waals surface area contributed by atoms with Crippen LogP contribution in [0.5, 0.6) is 0 Å². The van der Waals surface area contributed by atoms with Crippen molar-refractivity contribution in [3.8, 4) is 0 Å². The number of ether oxygens (including phenoxy) is 1. The highest BCUT2D eigenvalue weighted by atomic mass is 32.1. The van der Waals surface area contributed by atoms with Gasteiger partial charge in [-0.05, 0) is 36.5 Å². The van der Waals surface area contributed by atoms with Gasteiger partial charge in [0.1, 0.15) is 0 Å². The molecule has 2 unspecified atom stereocenters. The Morgan fingerprint density at radius 2 is 2.48 bits per heavy atom. The Hall–Kier alpha value is -1.01. The molecule has 0 radical (unpaired) electrons. The van der Waals surface area contributed by atoms with Gasteiger partial charge in [-0.2, -0.15) is 0 Å². The lowest BCUT2D eigenvalue weighted by atomic mass is 10.1. The maximum atomic E-state index is 5.84. The van der Waals surface area contributed by atoms with E-state index in [1.165, 1.54) is 10.3 Å². The Bertz CT molecular complexity index is 586.